The first-order chi connectivity index (χ1) is 13.8. The Bertz CT molecular complexity index is 1020. The monoisotopic (exact) mass is 412 g/mol. The van der Waals surface area contributed by atoms with Crippen molar-refractivity contribution in [2.75, 3.05) is 6.61 Å². The maximum Gasteiger partial charge on any atom is 0.350 e. The fourth-order valence-corrected chi connectivity index (χ4v) is 3.87. The predicted octanol–water partition coefficient (Wildman–Crippen LogP) is 3.09. The van der Waals surface area contributed by atoms with Crippen LogP contribution in [0, 0.1) is 27.7 Å². The van der Waals surface area contributed by atoms with Crippen molar-refractivity contribution >= 4 is 23.2 Å². The van der Waals surface area contributed by atoms with E-state index in [0.717, 1.165) is 27.5 Å². The smallest absolute Gasteiger partial charge is 0.350 e. The van der Waals surface area contributed by atoms with E-state index in [9.17, 15) is 9.59 Å². The van der Waals surface area contributed by atoms with Gasteiger partial charge in [0, 0.05) is 17.8 Å². The van der Waals surface area contributed by atoms with Gasteiger partial charge in [-0.2, -0.15) is 5.10 Å². The number of hydrogen-bond acceptors (Lipinski definition) is 6. The van der Waals surface area contributed by atoms with Gasteiger partial charge in [-0.05, 0) is 33.3 Å². The Morgan fingerprint density at radius 1 is 1.10 bits per heavy atom. The predicted molar refractivity (Wildman–Crippen MR) is 111 cm³/mol. The van der Waals surface area contributed by atoms with Gasteiger partial charge in [-0.25, -0.2) is 9.78 Å². The van der Waals surface area contributed by atoms with Gasteiger partial charge < -0.3 is 10.1 Å². The van der Waals surface area contributed by atoms with Crippen LogP contribution in [0.2, 0.25) is 0 Å². The number of nitrogens with one attached hydrogen (secondary N) is 1. The van der Waals surface area contributed by atoms with Crippen molar-refractivity contribution in [1.82, 2.24) is 20.1 Å². The summed E-state index contributed by atoms with van der Waals surface area (Å²) in [5.74, 6) is -0.877. The Balaban J connectivity index is 1.55. The standard InChI is InChI=1S/C21H24N4O3S/c1-13-18(15(3)25(24-13)11-17-8-6-5-7-9-17)10-22-19(26)12-28-21(27)20-14(2)23-16(4)29-20/h5-9H,10-12H2,1-4H3,(H,22,26). The minimum absolute atomic E-state index is 0.328. The second kappa shape index (κ2) is 9.00. The molecule has 0 aliphatic heterocycles. The first-order valence-electron chi connectivity index (χ1n) is 9.29. The van der Waals surface area contributed by atoms with Crippen molar-refractivity contribution in [3.05, 3.63) is 68.4 Å². The topological polar surface area (TPSA) is 86.1 Å². The van der Waals surface area contributed by atoms with Gasteiger partial charge in [0.15, 0.2) is 6.61 Å². The Morgan fingerprint density at radius 2 is 1.83 bits per heavy atom. The summed E-state index contributed by atoms with van der Waals surface area (Å²) in [6, 6.07) is 10.1. The van der Waals surface area contributed by atoms with Crippen LogP contribution in [-0.2, 0) is 22.6 Å². The number of nitrogens with zero attached hydrogens (tertiary/aromatic N) is 3. The normalized spacial score (nSPS) is 10.8. The Kier molecular flexibility index (Phi) is 6.43. The van der Waals surface area contributed by atoms with Crippen molar-refractivity contribution in [3.63, 3.8) is 0 Å². The van der Waals surface area contributed by atoms with Crippen LogP contribution in [0.1, 0.15) is 42.9 Å². The molecule has 0 aliphatic carbocycles. The number of aromatic nitrogens is 3. The third-order valence-electron chi connectivity index (χ3n) is 4.59. The number of benzene rings is 1. The lowest BCUT2D eigenvalue weighted by molar-refractivity contribution is -0.124. The molecule has 0 saturated heterocycles. The lowest BCUT2D eigenvalue weighted by Crippen LogP contribution is -2.28. The highest BCUT2D eigenvalue weighted by atomic mass is 32.1. The Morgan fingerprint density at radius 3 is 2.48 bits per heavy atom. The first-order valence-corrected chi connectivity index (χ1v) is 10.1. The fraction of sp³-hybridized carbons (Fsp3) is 0.333. The molecule has 2 heterocycles. The van der Waals surface area contributed by atoms with Crippen LogP contribution < -0.4 is 5.32 Å². The minimum atomic E-state index is -0.522. The van der Waals surface area contributed by atoms with Crippen LogP contribution in [-0.4, -0.2) is 33.2 Å². The maximum atomic E-state index is 12.1. The van der Waals surface area contributed by atoms with Gasteiger partial charge >= 0.3 is 5.97 Å². The van der Waals surface area contributed by atoms with E-state index in [4.69, 9.17) is 4.74 Å². The lowest BCUT2D eigenvalue weighted by Gasteiger charge is -2.08. The van der Waals surface area contributed by atoms with E-state index in [1.165, 1.54) is 11.3 Å². The molecule has 0 aliphatic rings. The van der Waals surface area contributed by atoms with Gasteiger partial charge in [0.05, 0.1) is 22.9 Å². The first kappa shape index (κ1) is 20.7. The Hall–Kier alpha value is -3.00. The van der Waals surface area contributed by atoms with Crippen molar-refractivity contribution < 1.29 is 14.3 Å². The molecular weight excluding hydrogens is 388 g/mol. The molecule has 1 amide bonds. The van der Waals surface area contributed by atoms with Gasteiger partial charge in [0.2, 0.25) is 0 Å². The third-order valence-corrected chi connectivity index (χ3v) is 5.65. The largest absolute Gasteiger partial charge is 0.451 e. The molecule has 7 nitrogen and oxygen atoms in total. The van der Waals surface area contributed by atoms with Crippen LogP contribution in [0.15, 0.2) is 30.3 Å². The summed E-state index contributed by atoms with van der Waals surface area (Å²) >= 11 is 1.26. The molecule has 0 bridgehead atoms. The number of amides is 1. The summed E-state index contributed by atoms with van der Waals surface area (Å²) in [4.78, 5) is 28.9. The van der Waals surface area contributed by atoms with E-state index in [1.54, 1.807) is 6.92 Å². The molecule has 0 atom stereocenters. The van der Waals surface area contributed by atoms with E-state index in [1.807, 2.05) is 43.7 Å². The number of ether oxygens (including phenoxy) is 1. The van der Waals surface area contributed by atoms with E-state index >= 15 is 0 Å². The third kappa shape index (κ3) is 5.08. The van der Waals surface area contributed by atoms with E-state index < -0.39 is 5.97 Å². The zero-order chi connectivity index (χ0) is 21.0. The van der Waals surface area contributed by atoms with Crippen LogP contribution in [0.25, 0.3) is 0 Å². The number of aryl methyl sites for hydroxylation is 3. The summed E-state index contributed by atoms with van der Waals surface area (Å²) < 4.78 is 7.05. The van der Waals surface area contributed by atoms with Crippen LogP contribution in [0.3, 0.4) is 0 Å². The van der Waals surface area contributed by atoms with Gasteiger partial charge in [-0.3, -0.25) is 9.48 Å². The molecule has 0 saturated carbocycles. The van der Waals surface area contributed by atoms with Gasteiger partial charge in [-0.1, -0.05) is 30.3 Å². The molecule has 3 rings (SSSR count). The maximum absolute atomic E-state index is 12.1. The van der Waals surface area contributed by atoms with Crippen molar-refractivity contribution in [3.8, 4) is 0 Å². The average molecular weight is 413 g/mol. The van der Waals surface area contributed by atoms with E-state index in [2.05, 4.69) is 27.5 Å². The SMILES string of the molecule is Cc1nc(C)c(C(=O)OCC(=O)NCc2c(C)nn(Cc3ccccc3)c2C)s1. The summed E-state index contributed by atoms with van der Waals surface area (Å²) in [5, 5.41) is 8.18. The second-order valence-electron chi connectivity index (χ2n) is 6.79. The summed E-state index contributed by atoms with van der Waals surface area (Å²) in [6.07, 6.45) is 0. The number of carbonyl (C=O) groups excluding carboxylic acids is 2. The molecule has 0 radical (unpaired) electrons. The zero-order valence-corrected chi connectivity index (χ0v) is 17.8. The summed E-state index contributed by atoms with van der Waals surface area (Å²) in [7, 11) is 0. The fourth-order valence-electron chi connectivity index (χ4n) is 3.06. The number of carbonyl (C=O) groups is 2. The zero-order valence-electron chi connectivity index (χ0n) is 17.0. The molecule has 0 unspecified atom stereocenters. The molecule has 152 valence electrons. The number of esters is 1. The van der Waals surface area contributed by atoms with E-state index in [0.29, 0.717) is 23.7 Å². The Labute approximate surface area is 173 Å². The molecule has 2 aromatic heterocycles. The molecule has 1 N–H and O–H groups in total. The molecule has 29 heavy (non-hydrogen) atoms. The lowest BCUT2D eigenvalue weighted by atomic mass is 10.2. The minimum Gasteiger partial charge on any atom is -0.451 e. The summed E-state index contributed by atoms with van der Waals surface area (Å²) in [5.41, 5.74) is 4.62. The highest BCUT2D eigenvalue weighted by Crippen LogP contribution is 2.18. The van der Waals surface area contributed by atoms with Crippen LogP contribution in [0.4, 0.5) is 0 Å². The molecule has 1 aromatic carbocycles. The van der Waals surface area contributed by atoms with Crippen LogP contribution in [0.5, 0.6) is 0 Å². The second-order valence-corrected chi connectivity index (χ2v) is 8.00. The summed E-state index contributed by atoms with van der Waals surface area (Å²) in [6.45, 7) is 8.16. The van der Waals surface area contributed by atoms with Gasteiger partial charge in [-0.15, -0.1) is 11.3 Å². The highest BCUT2D eigenvalue weighted by Gasteiger charge is 2.17. The van der Waals surface area contributed by atoms with Gasteiger partial charge in [0.1, 0.15) is 4.88 Å². The van der Waals surface area contributed by atoms with Gasteiger partial charge in [0.25, 0.3) is 5.91 Å². The van der Waals surface area contributed by atoms with Crippen LogP contribution >= 0.6 is 11.3 Å². The van der Waals surface area contributed by atoms with Crippen molar-refractivity contribution in [2.24, 2.45) is 0 Å². The molecule has 8 heteroatoms. The van der Waals surface area contributed by atoms with Crippen molar-refractivity contribution in [2.45, 2.75) is 40.8 Å². The number of thiazole rings is 1. The quantitative estimate of drug-likeness (QED) is 0.603. The highest BCUT2D eigenvalue weighted by molar-refractivity contribution is 7.13. The number of rotatable bonds is 7. The van der Waals surface area contributed by atoms with Crippen molar-refractivity contribution in [1.29, 1.82) is 0 Å². The molecule has 0 spiro atoms. The number of hydrogen-bond donors (Lipinski definition) is 1. The molecule has 3 aromatic rings. The molecule has 0 fully saturated rings. The average Bonchev–Trinajstić information content (AvgIpc) is 3.17. The molecular formula is C21H24N4O3S. The van der Waals surface area contributed by atoms with E-state index in [-0.39, 0.29) is 12.5 Å².